The van der Waals surface area contributed by atoms with Crippen molar-refractivity contribution in [2.24, 2.45) is 7.05 Å². The number of carbonyl (C=O) groups excluding carboxylic acids is 1. The first-order chi connectivity index (χ1) is 12.2. The summed E-state index contributed by atoms with van der Waals surface area (Å²) in [5.41, 5.74) is 4.39. The summed E-state index contributed by atoms with van der Waals surface area (Å²) in [7, 11) is 2.01. The number of esters is 1. The van der Waals surface area contributed by atoms with Gasteiger partial charge in [-0.1, -0.05) is 54.6 Å². The zero-order valence-corrected chi connectivity index (χ0v) is 14.7. The van der Waals surface area contributed by atoms with Crippen LogP contribution in [0.25, 0.3) is 10.9 Å². The van der Waals surface area contributed by atoms with E-state index in [9.17, 15) is 4.79 Å². The molecule has 0 aliphatic carbocycles. The minimum Gasteiger partial charge on any atom is -0.466 e. The molecule has 1 atom stereocenters. The standard InChI is InChI=1S/C22H23NO2/c1-4-17(16-11-7-6-8-12-16)22-18-13-9-10-14-19(18)23(3)20(22)15-21(24)25-5-2/h4,6-14,17H,1,5,15H2,2-3H3. The van der Waals surface area contributed by atoms with Gasteiger partial charge in [-0.15, -0.1) is 6.58 Å². The van der Waals surface area contributed by atoms with Crippen LogP contribution in [0.4, 0.5) is 0 Å². The number of hydrogen-bond donors (Lipinski definition) is 0. The van der Waals surface area contributed by atoms with Gasteiger partial charge in [0.05, 0.1) is 13.0 Å². The van der Waals surface area contributed by atoms with Gasteiger partial charge in [-0.05, 0) is 24.1 Å². The lowest BCUT2D eigenvalue weighted by Gasteiger charge is -2.16. The Morgan fingerprint density at radius 3 is 2.52 bits per heavy atom. The minimum absolute atomic E-state index is 0.0247. The van der Waals surface area contributed by atoms with E-state index in [1.807, 2.05) is 50.4 Å². The van der Waals surface area contributed by atoms with Crippen LogP contribution in [0, 0.1) is 0 Å². The lowest BCUT2D eigenvalue weighted by atomic mass is 9.88. The average Bonchev–Trinajstić information content (AvgIpc) is 2.90. The number of nitrogens with zero attached hydrogens (tertiary/aromatic N) is 1. The van der Waals surface area contributed by atoms with E-state index in [1.54, 1.807) is 0 Å². The van der Waals surface area contributed by atoms with Crippen LogP contribution in [0.2, 0.25) is 0 Å². The van der Waals surface area contributed by atoms with Gasteiger partial charge in [0.25, 0.3) is 0 Å². The molecule has 0 radical (unpaired) electrons. The van der Waals surface area contributed by atoms with E-state index >= 15 is 0 Å². The fourth-order valence-corrected chi connectivity index (χ4v) is 3.47. The maximum atomic E-state index is 12.2. The highest BCUT2D eigenvalue weighted by atomic mass is 16.5. The lowest BCUT2D eigenvalue weighted by Crippen LogP contribution is -2.13. The molecule has 128 valence electrons. The van der Waals surface area contributed by atoms with Crippen LogP contribution in [0.5, 0.6) is 0 Å². The Morgan fingerprint density at radius 2 is 1.84 bits per heavy atom. The van der Waals surface area contributed by atoms with E-state index in [2.05, 4.69) is 35.4 Å². The summed E-state index contributed by atoms with van der Waals surface area (Å²) in [5.74, 6) is -0.178. The second kappa shape index (κ2) is 7.39. The van der Waals surface area contributed by atoms with Crippen LogP contribution in [0.3, 0.4) is 0 Å². The van der Waals surface area contributed by atoms with E-state index in [0.717, 1.165) is 22.2 Å². The van der Waals surface area contributed by atoms with Crippen molar-refractivity contribution >= 4 is 16.9 Å². The van der Waals surface area contributed by atoms with Crippen LogP contribution < -0.4 is 0 Å². The highest BCUT2D eigenvalue weighted by Crippen LogP contribution is 2.36. The largest absolute Gasteiger partial charge is 0.466 e. The third-order valence-corrected chi connectivity index (χ3v) is 4.59. The molecule has 0 aliphatic rings. The lowest BCUT2D eigenvalue weighted by molar-refractivity contribution is -0.142. The fourth-order valence-electron chi connectivity index (χ4n) is 3.47. The van der Waals surface area contributed by atoms with Crippen molar-refractivity contribution in [3.05, 3.63) is 84.1 Å². The van der Waals surface area contributed by atoms with Crippen LogP contribution >= 0.6 is 0 Å². The number of fused-ring (bicyclic) bond motifs is 1. The molecule has 1 unspecified atom stereocenters. The molecule has 0 spiro atoms. The Hall–Kier alpha value is -2.81. The molecule has 2 aromatic carbocycles. The topological polar surface area (TPSA) is 31.2 Å². The molecular formula is C22H23NO2. The molecule has 0 amide bonds. The Balaban J connectivity index is 2.21. The number of aromatic nitrogens is 1. The molecule has 0 N–H and O–H groups in total. The number of allylic oxidation sites excluding steroid dienone is 1. The molecule has 3 rings (SSSR count). The number of benzene rings is 2. The van der Waals surface area contributed by atoms with Gasteiger partial charge in [-0.2, -0.15) is 0 Å². The first-order valence-electron chi connectivity index (χ1n) is 8.56. The van der Waals surface area contributed by atoms with E-state index in [-0.39, 0.29) is 18.3 Å². The summed E-state index contributed by atoms with van der Waals surface area (Å²) in [6.45, 7) is 6.28. The van der Waals surface area contributed by atoms with Gasteiger partial charge in [0, 0.05) is 29.6 Å². The molecule has 0 fully saturated rings. The molecule has 25 heavy (non-hydrogen) atoms. The number of hydrogen-bond acceptors (Lipinski definition) is 2. The summed E-state index contributed by atoms with van der Waals surface area (Å²) in [6, 6.07) is 18.5. The van der Waals surface area contributed by atoms with Crippen LogP contribution in [0.15, 0.2) is 67.3 Å². The van der Waals surface area contributed by atoms with Crippen molar-refractivity contribution in [3.8, 4) is 0 Å². The van der Waals surface area contributed by atoms with E-state index in [0.29, 0.717) is 6.61 Å². The predicted octanol–water partition coefficient (Wildman–Crippen LogP) is 4.60. The minimum atomic E-state index is -0.203. The van der Waals surface area contributed by atoms with Crippen LogP contribution in [-0.4, -0.2) is 17.1 Å². The normalized spacial score (nSPS) is 12.1. The number of ether oxygens (including phenoxy) is 1. The highest BCUT2D eigenvalue weighted by molar-refractivity contribution is 5.88. The molecule has 0 aliphatic heterocycles. The monoisotopic (exact) mass is 333 g/mol. The zero-order chi connectivity index (χ0) is 17.8. The molecule has 1 aromatic heterocycles. The smallest absolute Gasteiger partial charge is 0.311 e. The molecule has 0 saturated heterocycles. The van der Waals surface area contributed by atoms with Gasteiger partial charge in [-0.25, -0.2) is 0 Å². The van der Waals surface area contributed by atoms with Crippen molar-refractivity contribution in [2.45, 2.75) is 19.3 Å². The zero-order valence-electron chi connectivity index (χ0n) is 14.7. The maximum absolute atomic E-state index is 12.2. The Bertz CT molecular complexity index is 893. The number of rotatable bonds is 6. The Morgan fingerprint density at radius 1 is 1.16 bits per heavy atom. The number of para-hydroxylation sites is 1. The van der Waals surface area contributed by atoms with Crippen molar-refractivity contribution < 1.29 is 9.53 Å². The van der Waals surface area contributed by atoms with Gasteiger partial charge >= 0.3 is 5.97 Å². The van der Waals surface area contributed by atoms with Crippen molar-refractivity contribution in [1.82, 2.24) is 4.57 Å². The Kier molecular flexibility index (Phi) is 5.03. The van der Waals surface area contributed by atoms with Gasteiger partial charge in [0.1, 0.15) is 0 Å². The van der Waals surface area contributed by atoms with E-state index in [1.165, 1.54) is 5.56 Å². The fraction of sp³-hybridized carbons (Fsp3) is 0.227. The average molecular weight is 333 g/mol. The third-order valence-electron chi connectivity index (χ3n) is 4.59. The molecule has 0 bridgehead atoms. The second-order valence-corrected chi connectivity index (χ2v) is 6.04. The summed E-state index contributed by atoms with van der Waals surface area (Å²) < 4.78 is 7.29. The van der Waals surface area contributed by atoms with Crippen molar-refractivity contribution in [1.29, 1.82) is 0 Å². The molecular weight excluding hydrogens is 310 g/mol. The van der Waals surface area contributed by atoms with Gasteiger partial charge in [0.2, 0.25) is 0 Å². The second-order valence-electron chi connectivity index (χ2n) is 6.04. The first-order valence-corrected chi connectivity index (χ1v) is 8.56. The molecule has 3 heteroatoms. The van der Waals surface area contributed by atoms with Crippen LogP contribution in [0.1, 0.15) is 29.7 Å². The first kappa shape index (κ1) is 17.0. The van der Waals surface area contributed by atoms with Crippen molar-refractivity contribution in [2.75, 3.05) is 6.61 Å². The quantitative estimate of drug-likeness (QED) is 0.487. The van der Waals surface area contributed by atoms with Crippen LogP contribution in [-0.2, 0) is 23.0 Å². The number of carbonyl (C=O) groups is 1. The van der Waals surface area contributed by atoms with Gasteiger partial charge < -0.3 is 9.30 Å². The molecule has 3 nitrogen and oxygen atoms in total. The summed E-state index contributed by atoms with van der Waals surface area (Å²) in [4.78, 5) is 12.2. The molecule has 3 aromatic rings. The van der Waals surface area contributed by atoms with Gasteiger partial charge in [-0.3, -0.25) is 4.79 Å². The third kappa shape index (κ3) is 3.22. The Labute approximate surface area is 148 Å². The number of aryl methyl sites for hydroxylation is 1. The van der Waals surface area contributed by atoms with E-state index < -0.39 is 0 Å². The molecule has 0 saturated carbocycles. The van der Waals surface area contributed by atoms with Crippen molar-refractivity contribution in [3.63, 3.8) is 0 Å². The summed E-state index contributed by atoms with van der Waals surface area (Å²) >= 11 is 0. The van der Waals surface area contributed by atoms with Gasteiger partial charge in [0.15, 0.2) is 0 Å². The predicted molar refractivity (Wildman–Crippen MR) is 102 cm³/mol. The van der Waals surface area contributed by atoms with E-state index in [4.69, 9.17) is 4.74 Å². The maximum Gasteiger partial charge on any atom is 0.311 e. The SMILES string of the molecule is C=CC(c1ccccc1)c1c(CC(=O)OCC)n(C)c2ccccc12. The summed E-state index contributed by atoms with van der Waals surface area (Å²) in [6.07, 6.45) is 2.21. The summed E-state index contributed by atoms with van der Waals surface area (Å²) in [5, 5.41) is 1.15. The highest BCUT2D eigenvalue weighted by Gasteiger charge is 2.23. The molecule has 1 heterocycles.